The van der Waals surface area contributed by atoms with Gasteiger partial charge in [0.05, 0.1) is 6.61 Å². The third-order valence-corrected chi connectivity index (χ3v) is 3.66. The number of aliphatic hydroxyl groups is 1. The maximum atomic E-state index is 9.20. The molecule has 2 N–H and O–H groups in total. The summed E-state index contributed by atoms with van der Waals surface area (Å²) in [6, 6.07) is 6.50. The molecule has 1 unspecified atom stereocenters. The third-order valence-electron chi connectivity index (χ3n) is 2.81. The molecule has 0 aromatic heterocycles. The van der Waals surface area contributed by atoms with E-state index in [2.05, 4.69) is 60.2 Å². The van der Waals surface area contributed by atoms with Crippen LogP contribution in [0.3, 0.4) is 0 Å². The Balaban J connectivity index is 2.57. The van der Waals surface area contributed by atoms with E-state index in [1.54, 1.807) is 0 Å². The van der Waals surface area contributed by atoms with Crippen LogP contribution in [0.4, 0.5) is 0 Å². The summed E-state index contributed by atoms with van der Waals surface area (Å²) in [4.78, 5) is 0. The zero-order valence-electron chi connectivity index (χ0n) is 10.1. The van der Waals surface area contributed by atoms with E-state index in [0.717, 1.165) is 11.0 Å². The van der Waals surface area contributed by atoms with Crippen LogP contribution in [-0.2, 0) is 6.54 Å². The molecule has 1 atom stereocenters. The van der Waals surface area contributed by atoms with Gasteiger partial charge in [0.25, 0.3) is 0 Å². The molecule has 0 aliphatic rings. The number of benzene rings is 1. The smallest absolute Gasteiger partial charge is 0.0587 e. The van der Waals surface area contributed by atoms with Gasteiger partial charge in [-0.25, -0.2) is 0 Å². The van der Waals surface area contributed by atoms with Crippen molar-refractivity contribution in [3.63, 3.8) is 0 Å². The lowest BCUT2D eigenvalue weighted by Gasteiger charge is -2.20. The van der Waals surface area contributed by atoms with Crippen LogP contribution in [0, 0.1) is 12.8 Å². The van der Waals surface area contributed by atoms with Gasteiger partial charge in [0.1, 0.15) is 0 Å². The highest BCUT2D eigenvalue weighted by atomic mass is 79.9. The zero-order valence-corrected chi connectivity index (χ0v) is 11.7. The Morgan fingerprint density at radius 2 is 2.06 bits per heavy atom. The summed E-state index contributed by atoms with van der Waals surface area (Å²) in [5.74, 6) is 0.443. The molecule has 0 fully saturated rings. The molecule has 0 saturated carbocycles. The van der Waals surface area contributed by atoms with Gasteiger partial charge in [-0.1, -0.05) is 41.9 Å². The molecule has 2 nitrogen and oxygen atoms in total. The predicted molar refractivity (Wildman–Crippen MR) is 71.4 cm³/mol. The van der Waals surface area contributed by atoms with Gasteiger partial charge in [-0.3, -0.25) is 0 Å². The second-order valence-electron chi connectivity index (χ2n) is 4.50. The van der Waals surface area contributed by atoms with Crippen molar-refractivity contribution in [2.45, 2.75) is 33.4 Å². The molecule has 3 heteroatoms. The Morgan fingerprint density at radius 3 is 2.56 bits per heavy atom. The van der Waals surface area contributed by atoms with Gasteiger partial charge < -0.3 is 10.4 Å². The van der Waals surface area contributed by atoms with Gasteiger partial charge in [-0.05, 0) is 30.0 Å². The summed E-state index contributed by atoms with van der Waals surface area (Å²) >= 11 is 3.52. The van der Waals surface area contributed by atoms with Crippen molar-refractivity contribution >= 4 is 15.9 Å². The van der Waals surface area contributed by atoms with E-state index in [-0.39, 0.29) is 12.6 Å². The highest BCUT2D eigenvalue weighted by Crippen LogP contribution is 2.17. The second-order valence-corrected chi connectivity index (χ2v) is 5.35. The summed E-state index contributed by atoms with van der Waals surface area (Å²) < 4.78 is 1.14. The van der Waals surface area contributed by atoms with Crippen LogP contribution >= 0.6 is 15.9 Å². The van der Waals surface area contributed by atoms with Crippen molar-refractivity contribution in [2.75, 3.05) is 6.61 Å². The first-order chi connectivity index (χ1) is 7.54. The summed E-state index contributed by atoms with van der Waals surface area (Å²) in [6.45, 7) is 7.27. The highest BCUT2D eigenvalue weighted by molar-refractivity contribution is 9.10. The number of aryl methyl sites for hydroxylation is 1. The molecule has 0 amide bonds. The molecule has 0 heterocycles. The SMILES string of the molecule is Cc1ccc(CNC(CO)C(C)C)cc1Br. The average molecular weight is 286 g/mol. The molecule has 0 aliphatic heterocycles. The van der Waals surface area contributed by atoms with Crippen molar-refractivity contribution < 1.29 is 5.11 Å². The predicted octanol–water partition coefficient (Wildman–Crippen LogP) is 2.86. The van der Waals surface area contributed by atoms with Crippen molar-refractivity contribution in [2.24, 2.45) is 5.92 Å². The Kier molecular flexibility index (Phi) is 5.46. The fraction of sp³-hybridized carbons (Fsp3) is 0.538. The Hall–Kier alpha value is -0.380. The van der Waals surface area contributed by atoms with E-state index in [4.69, 9.17) is 0 Å². The Morgan fingerprint density at radius 1 is 1.38 bits per heavy atom. The lowest BCUT2D eigenvalue weighted by Crippen LogP contribution is -2.36. The lowest BCUT2D eigenvalue weighted by molar-refractivity contribution is 0.210. The molecule has 1 aromatic carbocycles. The quantitative estimate of drug-likeness (QED) is 0.872. The monoisotopic (exact) mass is 285 g/mol. The van der Waals surface area contributed by atoms with Crippen molar-refractivity contribution in [3.05, 3.63) is 33.8 Å². The number of hydrogen-bond acceptors (Lipinski definition) is 2. The van der Waals surface area contributed by atoms with Crippen molar-refractivity contribution in [1.82, 2.24) is 5.32 Å². The van der Waals surface area contributed by atoms with Gasteiger partial charge in [0, 0.05) is 17.1 Å². The Bertz CT molecular complexity index is 339. The first kappa shape index (κ1) is 13.7. The minimum Gasteiger partial charge on any atom is -0.395 e. The van der Waals surface area contributed by atoms with E-state index in [9.17, 15) is 5.11 Å². The van der Waals surface area contributed by atoms with Crippen LogP contribution < -0.4 is 5.32 Å². The molecular formula is C13H20BrNO. The first-order valence-corrected chi connectivity index (χ1v) is 6.43. The van der Waals surface area contributed by atoms with Crippen molar-refractivity contribution in [3.8, 4) is 0 Å². The summed E-state index contributed by atoms with van der Waals surface area (Å²) in [7, 11) is 0. The van der Waals surface area contributed by atoms with Gasteiger partial charge in [-0.15, -0.1) is 0 Å². The molecule has 1 aromatic rings. The first-order valence-electron chi connectivity index (χ1n) is 5.64. The van der Waals surface area contributed by atoms with E-state index in [0.29, 0.717) is 5.92 Å². The van der Waals surface area contributed by atoms with E-state index < -0.39 is 0 Å². The van der Waals surface area contributed by atoms with E-state index in [1.165, 1.54) is 11.1 Å². The topological polar surface area (TPSA) is 32.3 Å². The number of nitrogens with one attached hydrogen (secondary N) is 1. The van der Waals surface area contributed by atoms with Gasteiger partial charge in [0.15, 0.2) is 0 Å². The van der Waals surface area contributed by atoms with Crippen LogP contribution in [-0.4, -0.2) is 17.8 Å². The van der Waals surface area contributed by atoms with E-state index >= 15 is 0 Å². The molecule has 16 heavy (non-hydrogen) atoms. The van der Waals surface area contributed by atoms with Gasteiger partial charge in [-0.2, -0.15) is 0 Å². The van der Waals surface area contributed by atoms with Gasteiger partial charge >= 0.3 is 0 Å². The largest absolute Gasteiger partial charge is 0.395 e. The number of aliphatic hydroxyl groups excluding tert-OH is 1. The molecule has 0 spiro atoms. The Labute approximate surface area is 106 Å². The molecule has 90 valence electrons. The molecule has 0 bridgehead atoms. The van der Waals surface area contributed by atoms with Crippen molar-refractivity contribution in [1.29, 1.82) is 0 Å². The summed E-state index contributed by atoms with van der Waals surface area (Å²) in [5.41, 5.74) is 2.47. The molecular weight excluding hydrogens is 266 g/mol. The molecule has 1 rings (SSSR count). The van der Waals surface area contributed by atoms with Crippen LogP contribution in [0.1, 0.15) is 25.0 Å². The van der Waals surface area contributed by atoms with Crippen LogP contribution in [0.25, 0.3) is 0 Å². The lowest BCUT2D eigenvalue weighted by atomic mass is 10.0. The standard InChI is InChI=1S/C13H20BrNO/c1-9(2)13(8-16)15-7-11-5-4-10(3)12(14)6-11/h4-6,9,13,15-16H,7-8H2,1-3H3. The fourth-order valence-electron chi connectivity index (χ4n) is 1.51. The fourth-order valence-corrected chi connectivity index (χ4v) is 1.93. The minimum atomic E-state index is 0.167. The highest BCUT2D eigenvalue weighted by Gasteiger charge is 2.10. The zero-order chi connectivity index (χ0) is 12.1. The summed E-state index contributed by atoms with van der Waals surface area (Å²) in [5, 5.41) is 12.6. The maximum absolute atomic E-state index is 9.20. The van der Waals surface area contributed by atoms with Gasteiger partial charge in [0.2, 0.25) is 0 Å². The van der Waals surface area contributed by atoms with E-state index in [1.807, 2.05) is 0 Å². The van der Waals surface area contributed by atoms with Crippen LogP contribution in [0.2, 0.25) is 0 Å². The number of halogens is 1. The van der Waals surface area contributed by atoms with Crippen LogP contribution in [0.15, 0.2) is 22.7 Å². The molecule has 0 radical (unpaired) electrons. The number of hydrogen-bond donors (Lipinski definition) is 2. The maximum Gasteiger partial charge on any atom is 0.0587 e. The normalized spacial score (nSPS) is 13.1. The third kappa shape index (κ3) is 3.89. The molecule has 0 saturated heterocycles. The molecule has 0 aliphatic carbocycles. The second kappa shape index (κ2) is 6.38. The summed E-state index contributed by atoms with van der Waals surface area (Å²) in [6.07, 6.45) is 0. The number of rotatable bonds is 5. The van der Waals surface area contributed by atoms with Crippen LogP contribution in [0.5, 0.6) is 0 Å². The average Bonchev–Trinajstić information content (AvgIpc) is 2.23. The minimum absolute atomic E-state index is 0.167.